The summed E-state index contributed by atoms with van der Waals surface area (Å²) in [5.41, 5.74) is 1.83. The Balaban J connectivity index is 1.85. The molecule has 2 aromatic heterocycles. The summed E-state index contributed by atoms with van der Waals surface area (Å²) in [5.74, 6) is -1.67. The number of hydrogen-bond donors (Lipinski definition) is 1. The minimum atomic E-state index is -0.764. The number of amides is 1. The van der Waals surface area contributed by atoms with E-state index in [9.17, 15) is 14.7 Å². The SMILES string of the molecule is O=C1C(=O)N(Cc2cccnc2)[C@H](c2cccnc2)C1=C(O)c1ccc(Cl)cc1. The number of benzene rings is 1. The van der Waals surface area contributed by atoms with Crippen molar-refractivity contribution in [1.29, 1.82) is 0 Å². The molecule has 0 unspecified atom stereocenters. The van der Waals surface area contributed by atoms with Gasteiger partial charge in [-0.3, -0.25) is 19.6 Å². The highest BCUT2D eigenvalue weighted by molar-refractivity contribution is 6.46. The lowest BCUT2D eigenvalue weighted by Crippen LogP contribution is -2.29. The topological polar surface area (TPSA) is 83.4 Å². The molecule has 7 heteroatoms. The van der Waals surface area contributed by atoms with Crippen molar-refractivity contribution in [1.82, 2.24) is 14.9 Å². The van der Waals surface area contributed by atoms with Crippen LogP contribution in [0.15, 0.2) is 78.9 Å². The van der Waals surface area contributed by atoms with Crippen molar-refractivity contribution in [2.24, 2.45) is 0 Å². The van der Waals surface area contributed by atoms with Crippen molar-refractivity contribution < 1.29 is 14.7 Å². The van der Waals surface area contributed by atoms with E-state index in [2.05, 4.69) is 9.97 Å². The third-order valence-electron chi connectivity index (χ3n) is 4.73. The zero-order chi connectivity index (χ0) is 20.4. The highest BCUT2D eigenvalue weighted by Gasteiger charge is 2.46. The number of carbonyl (C=O) groups is 2. The number of pyridine rings is 2. The first kappa shape index (κ1) is 18.8. The second-order valence-corrected chi connectivity index (χ2v) is 7.02. The summed E-state index contributed by atoms with van der Waals surface area (Å²) in [5, 5.41) is 11.4. The van der Waals surface area contributed by atoms with Gasteiger partial charge in [-0.25, -0.2) is 0 Å². The molecule has 0 spiro atoms. The Morgan fingerprint density at radius 2 is 1.69 bits per heavy atom. The Labute approximate surface area is 172 Å². The van der Waals surface area contributed by atoms with E-state index in [1.54, 1.807) is 67.3 Å². The number of aromatic nitrogens is 2. The van der Waals surface area contributed by atoms with Crippen molar-refractivity contribution in [3.63, 3.8) is 0 Å². The first-order chi connectivity index (χ1) is 14.1. The minimum Gasteiger partial charge on any atom is -0.507 e. The van der Waals surface area contributed by atoms with Gasteiger partial charge in [0, 0.05) is 41.9 Å². The Morgan fingerprint density at radius 1 is 1.00 bits per heavy atom. The molecule has 1 saturated heterocycles. The summed E-state index contributed by atoms with van der Waals surface area (Å²) in [6.07, 6.45) is 6.47. The largest absolute Gasteiger partial charge is 0.507 e. The third kappa shape index (κ3) is 3.62. The van der Waals surface area contributed by atoms with Crippen LogP contribution in [-0.2, 0) is 16.1 Å². The Bertz CT molecular complexity index is 1080. The van der Waals surface area contributed by atoms with Crippen molar-refractivity contribution in [3.05, 3.63) is 101 Å². The van der Waals surface area contributed by atoms with Crippen LogP contribution in [0.2, 0.25) is 5.02 Å². The first-order valence-electron chi connectivity index (χ1n) is 8.89. The maximum Gasteiger partial charge on any atom is 0.295 e. The molecule has 1 fully saturated rings. The van der Waals surface area contributed by atoms with E-state index in [4.69, 9.17) is 11.6 Å². The highest BCUT2D eigenvalue weighted by Crippen LogP contribution is 2.40. The van der Waals surface area contributed by atoms with Crippen LogP contribution in [0, 0.1) is 0 Å². The van der Waals surface area contributed by atoms with Crippen LogP contribution in [0.3, 0.4) is 0 Å². The van der Waals surface area contributed by atoms with Gasteiger partial charge in [0.25, 0.3) is 11.7 Å². The summed E-state index contributed by atoms with van der Waals surface area (Å²) in [6, 6.07) is 12.8. The van der Waals surface area contributed by atoms with Gasteiger partial charge in [-0.15, -0.1) is 0 Å². The van der Waals surface area contributed by atoms with E-state index in [-0.39, 0.29) is 17.9 Å². The Kier molecular flexibility index (Phi) is 5.10. The molecule has 1 aromatic carbocycles. The number of Topliss-reactive ketones (excluding diaryl/α,β-unsaturated/α-hetero) is 1. The van der Waals surface area contributed by atoms with Crippen LogP contribution in [0.4, 0.5) is 0 Å². The highest BCUT2D eigenvalue weighted by atomic mass is 35.5. The van der Waals surface area contributed by atoms with Gasteiger partial charge in [0.2, 0.25) is 0 Å². The zero-order valence-corrected chi connectivity index (χ0v) is 16.0. The van der Waals surface area contributed by atoms with Crippen LogP contribution in [-0.4, -0.2) is 31.7 Å². The number of aliphatic hydroxyl groups excluding tert-OH is 1. The lowest BCUT2D eigenvalue weighted by atomic mass is 9.96. The van der Waals surface area contributed by atoms with Crippen LogP contribution >= 0.6 is 11.6 Å². The number of rotatable bonds is 4. The normalized spacial score (nSPS) is 18.2. The monoisotopic (exact) mass is 405 g/mol. The third-order valence-corrected chi connectivity index (χ3v) is 4.99. The number of halogens is 1. The molecule has 0 aliphatic carbocycles. The quantitative estimate of drug-likeness (QED) is 0.406. The molecule has 3 aromatic rings. The number of nitrogens with zero attached hydrogens (tertiary/aromatic N) is 3. The number of hydrogen-bond acceptors (Lipinski definition) is 5. The molecule has 1 amide bonds. The summed E-state index contributed by atoms with van der Waals surface area (Å²) in [4.78, 5) is 35.4. The first-order valence-corrected chi connectivity index (χ1v) is 9.27. The van der Waals surface area contributed by atoms with E-state index >= 15 is 0 Å². The molecule has 1 aliphatic rings. The fourth-order valence-electron chi connectivity index (χ4n) is 3.38. The molecule has 1 aliphatic heterocycles. The standard InChI is InChI=1S/C22H16ClN3O3/c23-17-7-5-15(6-8-17)20(27)18-19(16-4-2-10-25-12-16)26(22(29)21(18)28)13-14-3-1-9-24-11-14/h1-12,19,27H,13H2/t19-/m1/s1. The predicted octanol–water partition coefficient (Wildman–Crippen LogP) is 3.75. The number of ketones is 1. The van der Waals surface area contributed by atoms with Gasteiger partial charge in [-0.2, -0.15) is 0 Å². The molecule has 6 nitrogen and oxygen atoms in total. The number of likely N-dealkylation sites (tertiary alicyclic amines) is 1. The molecular formula is C22H16ClN3O3. The fourth-order valence-corrected chi connectivity index (χ4v) is 3.50. The van der Waals surface area contributed by atoms with Crippen LogP contribution in [0.25, 0.3) is 5.76 Å². The Morgan fingerprint density at radius 3 is 2.31 bits per heavy atom. The molecule has 0 saturated carbocycles. The molecule has 144 valence electrons. The van der Waals surface area contributed by atoms with Gasteiger partial charge in [0.15, 0.2) is 0 Å². The van der Waals surface area contributed by atoms with Crippen molar-refractivity contribution in [2.45, 2.75) is 12.6 Å². The second kappa shape index (κ2) is 7.85. The molecule has 1 atom stereocenters. The minimum absolute atomic E-state index is 0.0224. The van der Waals surface area contributed by atoms with E-state index in [1.807, 2.05) is 6.07 Å². The van der Waals surface area contributed by atoms with Crippen LogP contribution in [0.5, 0.6) is 0 Å². The van der Waals surface area contributed by atoms with Gasteiger partial charge in [0.05, 0.1) is 11.6 Å². The van der Waals surface area contributed by atoms with E-state index < -0.39 is 17.7 Å². The second-order valence-electron chi connectivity index (χ2n) is 6.58. The van der Waals surface area contributed by atoms with E-state index in [0.717, 1.165) is 5.56 Å². The summed E-state index contributed by atoms with van der Waals surface area (Å²) < 4.78 is 0. The summed E-state index contributed by atoms with van der Waals surface area (Å²) in [7, 11) is 0. The average Bonchev–Trinajstić information content (AvgIpc) is 3.00. The van der Waals surface area contributed by atoms with E-state index in [1.165, 1.54) is 4.90 Å². The molecular weight excluding hydrogens is 390 g/mol. The Hall–Kier alpha value is -3.51. The molecule has 3 heterocycles. The van der Waals surface area contributed by atoms with Crippen molar-refractivity contribution in [2.75, 3.05) is 0 Å². The summed E-state index contributed by atoms with van der Waals surface area (Å²) >= 11 is 5.92. The smallest absolute Gasteiger partial charge is 0.295 e. The van der Waals surface area contributed by atoms with Gasteiger partial charge in [-0.05, 0) is 47.5 Å². The zero-order valence-electron chi connectivity index (χ0n) is 15.2. The maximum atomic E-state index is 12.9. The van der Waals surface area contributed by atoms with Gasteiger partial charge in [0.1, 0.15) is 5.76 Å². The molecule has 29 heavy (non-hydrogen) atoms. The van der Waals surface area contributed by atoms with Crippen molar-refractivity contribution >= 4 is 29.1 Å². The molecule has 0 bridgehead atoms. The number of aliphatic hydroxyl groups is 1. The van der Waals surface area contributed by atoms with Gasteiger partial charge >= 0.3 is 0 Å². The molecule has 4 rings (SSSR count). The van der Waals surface area contributed by atoms with E-state index in [0.29, 0.717) is 16.1 Å². The molecule has 0 radical (unpaired) electrons. The maximum absolute atomic E-state index is 12.9. The van der Waals surface area contributed by atoms with Gasteiger partial charge < -0.3 is 10.0 Å². The predicted molar refractivity (Wildman–Crippen MR) is 108 cm³/mol. The number of carbonyl (C=O) groups excluding carboxylic acids is 2. The lowest BCUT2D eigenvalue weighted by molar-refractivity contribution is -0.140. The molecule has 1 N–H and O–H groups in total. The van der Waals surface area contributed by atoms with Crippen LogP contribution in [0.1, 0.15) is 22.7 Å². The lowest BCUT2D eigenvalue weighted by Gasteiger charge is -2.25. The van der Waals surface area contributed by atoms with Gasteiger partial charge in [-0.1, -0.05) is 23.7 Å². The van der Waals surface area contributed by atoms with Crippen molar-refractivity contribution in [3.8, 4) is 0 Å². The fraction of sp³-hybridized carbons (Fsp3) is 0.0909. The summed E-state index contributed by atoms with van der Waals surface area (Å²) in [6.45, 7) is 0.176. The van der Waals surface area contributed by atoms with Crippen LogP contribution < -0.4 is 0 Å². The average molecular weight is 406 g/mol.